The van der Waals surface area contributed by atoms with E-state index in [1.54, 1.807) is 12.1 Å². The second kappa shape index (κ2) is 9.54. The highest BCUT2D eigenvalue weighted by Gasteiger charge is 2.72. The zero-order valence-corrected chi connectivity index (χ0v) is 20.8. The summed E-state index contributed by atoms with van der Waals surface area (Å²) in [4.78, 5) is 35.2. The van der Waals surface area contributed by atoms with Crippen molar-refractivity contribution in [2.24, 2.45) is 0 Å². The number of phenolic OH excluding ortho intramolecular Hbond substituents is 1. The number of hydrogen-bond acceptors (Lipinski definition) is 10. The number of hydrogen-bond donors (Lipinski definition) is 3. The van der Waals surface area contributed by atoms with Crippen molar-refractivity contribution in [3.05, 3.63) is 35.1 Å². The lowest BCUT2D eigenvalue weighted by Gasteiger charge is -2.61. The lowest BCUT2D eigenvalue weighted by molar-refractivity contribution is -0.177. The van der Waals surface area contributed by atoms with Gasteiger partial charge in [0.15, 0.2) is 23.7 Å². The summed E-state index contributed by atoms with van der Waals surface area (Å²) in [5.74, 6) is -1.20. The molecule has 2 bridgehead atoms. The highest BCUT2D eigenvalue weighted by Crippen LogP contribution is 2.65. The standard InChI is InChI=1S/C23H27NO8.C2HF3O/c1-11(25)20(27)30-12(2)21(28)31-15-6-7-23(29)16-10-13-4-5-14(26)18-17(13)22(23,19(15)32-18)8-9-24(16)3;3-2(4,5)1-6/h4-6,11-12,16,19,25-26,29H,7-10H2,1-3H3;1H/t11-,12-,16+,19-,22-,23+;/m0./s1. The van der Waals surface area contributed by atoms with Gasteiger partial charge in [0.1, 0.15) is 11.9 Å². The Morgan fingerprint density at radius 3 is 2.53 bits per heavy atom. The summed E-state index contributed by atoms with van der Waals surface area (Å²) in [5, 5.41) is 31.9. The molecule has 0 radical (unpaired) electrons. The molecule has 1 spiro atoms. The quantitative estimate of drug-likeness (QED) is 0.375. The van der Waals surface area contributed by atoms with E-state index in [1.807, 2.05) is 13.1 Å². The molecule has 38 heavy (non-hydrogen) atoms. The van der Waals surface area contributed by atoms with Crippen molar-refractivity contribution in [1.29, 1.82) is 0 Å². The molecule has 13 heteroatoms. The first-order valence-electron chi connectivity index (χ1n) is 11.9. The number of aliphatic hydroxyl groups excluding tert-OH is 1. The van der Waals surface area contributed by atoms with E-state index < -0.39 is 53.7 Å². The third-order valence-corrected chi connectivity index (χ3v) is 7.67. The summed E-state index contributed by atoms with van der Waals surface area (Å²) >= 11 is 0. The first-order valence-corrected chi connectivity index (χ1v) is 11.9. The van der Waals surface area contributed by atoms with Gasteiger partial charge in [0.25, 0.3) is 0 Å². The summed E-state index contributed by atoms with van der Waals surface area (Å²) in [5.41, 5.74) is -0.217. The fourth-order valence-corrected chi connectivity index (χ4v) is 5.96. The maximum atomic E-state index is 12.7. The van der Waals surface area contributed by atoms with Crippen LogP contribution in [0.15, 0.2) is 24.0 Å². The van der Waals surface area contributed by atoms with E-state index in [4.69, 9.17) is 19.0 Å². The number of aliphatic hydroxyl groups is 2. The highest BCUT2D eigenvalue weighted by atomic mass is 19.4. The van der Waals surface area contributed by atoms with Crippen LogP contribution in [0.5, 0.6) is 11.5 Å². The zero-order valence-electron chi connectivity index (χ0n) is 20.8. The number of carbonyl (C=O) groups is 3. The van der Waals surface area contributed by atoms with Gasteiger partial charge in [-0.2, -0.15) is 13.2 Å². The molecule has 0 aromatic heterocycles. The Bertz CT molecular complexity index is 1180. The number of likely N-dealkylation sites (tertiary alicyclic amines) is 1. The maximum absolute atomic E-state index is 12.7. The van der Waals surface area contributed by atoms with Crippen LogP contribution in [0, 0.1) is 0 Å². The number of aldehydes is 1. The Kier molecular flexibility index (Phi) is 7.00. The number of aromatic hydroxyl groups is 1. The fraction of sp³-hybridized carbons (Fsp3) is 0.560. The molecule has 6 atom stereocenters. The number of carbonyl (C=O) groups excluding carboxylic acids is 3. The second-order valence-corrected chi connectivity index (χ2v) is 9.94. The third-order valence-electron chi connectivity index (χ3n) is 7.67. The van der Waals surface area contributed by atoms with Gasteiger partial charge in [0.05, 0.1) is 11.0 Å². The van der Waals surface area contributed by atoms with Crippen LogP contribution in [0.4, 0.5) is 13.2 Å². The molecule has 1 aromatic carbocycles. The Balaban J connectivity index is 0.000000505. The van der Waals surface area contributed by atoms with Crippen LogP contribution in [0.25, 0.3) is 0 Å². The molecule has 1 fully saturated rings. The minimum absolute atomic E-state index is 0.0165. The minimum atomic E-state index is -4.64. The molecule has 2 aliphatic carbocycles. The van der Waals surface area contributed by atoms with Crippen LogP contribution in [-0.2, 0) is 35.7 Å². The van der Waals surface area contributed by atoms with E-state index in [-0.39, 0.29) is 24.0 Å². The first-order chi connectivity index (χ1) is 17.7. The van der Waals surface area contributed by atoms with Gasteiger partial charge in [-0.05, 0) is 58.0 Å². The van der Waals surface area contributed by atoms with Crippen molar-refractivity contribution >= 4 is 18.2 Å². The largest absolute Gasteiger partial charge is 0.504 e. The predicted molar refractivity (Wildman–Crippen MR) is 122 cm³/mol. The number of esters is 2. The molecule has 1 saturated heterocycles. The molecule has 5 rings (SSSR count). The Morgan fingerprint density at radius 2 is 1.92 bits per heavy atom. The molecule has 2 heterocycles. The van der Waals surface area contributed by atoms with Gasteiger partial charge >= 0.3 is 18.1 Å². The first kappa shape index (κ1) is 27.9. The Hall–Kier alpha value is -3.16. The molecule has 1 aromatic rings. The van der Waals surface area contributed by atoms with Crippen LogP contribution in [0.2, 0.25) is 0 Å². The van der Waals surface area contributed by atoms with Crippen molar-refractivity contribution in [3.63, 3.8) is 0 Å². The fourth-order valence-electron chi connectivity index (χ4n) is 5.96. The smallest absolute Gasteiger partial charge is 0.446 e. The van der Waals surface area contributed by atoms with Crippen LogP contribution in [-0.4, -0.2) is 88.2 Å². The molecule has 3 N–H and O–H groups in total. The number of alkyl halides is 3. The average molecular weight is 543 g/mol. The maximum Gasteiger partial charge on any atom is 0.446 e. The van der Waals surface area contributed by atoms with Gasteiger partial charge in [0.2, 0.25) is 6.29 Å². The predicted octanol–water partition coefficient (Wildman–Crippen LogP) is 1.27. The summed E-state index contributed by atoms with van der Waals surface area (Å²) in [7, 11) is 1.99. The number of piperidine rings is 1. The van der Waals surface area contributed by atoms with Gasteiger partial charge in [-0.1, -0.05) is 6.07 Å². The second-order valence-electron chi connectivity index (χ2n) is 9.94. The highest BCUT2D eigenvalue weighted by molar-refractivity contribution is 5.81. The average Bonchev–Trinajstić information content (AvgIpc) is 3.20. The van der Waals surface area contributed by atoms with Gasteiger partial charge < -0.3 is 34.4 Å². The molecule has 0 unspecified atom stereocenters. The van der Waals surface area contributed by atoms with E-state index in [9.17, 15) is 38.1 Å². The SMILES string of the molecule is C[C@H](O)C(=O)O[C@@H](C)C(=O)OC1=CC[C@@]2(O)[C@H]3Cc4ccc(O)c5c4[C@@]2(CCN3C)[C@H]1O5.O=CC(F)(F)F. The van der Waals surface area contributed by atoms with Gasteiger partial charge in [0, 0.05) is 18.0 Å². The van der Waals surface area contributed by atoms with Crippen LogP contribution in [0.3, 0.4) is 0 Å². The Morgan fingerprint density at radius 1 is 1.26 bits per heavy atom. The molecule has 0 saturated carbocycles. The number of phenols is 1. The number of benzene rings is 1. The van der Waals surface area contributed by atoms with Crippen molar-refractivity contribution in [2.45, 2.75) is 74.7 Å². The van der Waals surface area contributed by atoms with Gasteiger partial charge in [-0.3, -0.25) is 4.79 Å². The molecule has 10 nitrogen and oxygen atoms in total. The van der Waals surface area contributed by atoms with Crippen molar-refractivity contribution in [2.75, 3.05) is 13.6 Å². The monoisotopic (exact) mass is 543 g/mol. The zero-order chi connectivity index (χ0) is 28.2. The number of rotatable bonds is 4. The molecule has 208 valence electrons. The van der Waals surface area contributed by atoms with E-state index in [0.717, 1.165) is 11.1 Å². The van der Waals surface area contributed by atoms with Crippen molar-refractivity contribution < 1.29 is 57.1 Å². The molecule has 2 aliphatic heterocycles. The van der Waals surface area contributed by atoms with E-state index in [1.165, 1.54) is 13.8 Å². The summed E-state index contributed by atoms with van der Waals surface area (Å²) in [6.45, 7) is 3.32. The van der Waals surface area contributed by atoms with Crippen LogP contribution in [0.1, 0.15) is 37.8 Å². The van der Waals surface area contributed by atoms with Crippen molar-refractivity contribution in [3.8, 4) is 11.5 Å². The van der Waals surface area contributed by atoms with Gasteiger partial charge in [-0.15, -0.1) is 0 Å². The number of ether oxygens (including phenoxy) is 3. The van der Waals surface area contributed by atoms with Crippen LogP contribution >= 0.6 is 0 Å². The molecule has 0 amide bonds. The molecule has 4 aliphatic rings. The topological polar surface area (TPSA) is 143 Å². The number of nitrogens with zero attached hydrogens (tertiary/aromatic N) is 1. The Labute approximate surface area is 215 Å². The summed E-state index contributed by atoms with van der Waals surface area (Å²) < 4.78 is 48.0. The van der Waals surface area contributed by atoms with Crippen LogP contribution < -0.4 is 4.74 Å². The summed E-state index contributed by atoms with van der Waals surface area (Å²) in [6.07, 6.45) is -6.00. The third kappa shape index (κ3) is 4.31. The lowest BCUT2D eigenvalue weighted by atomic mass is 9.50. The minimum Gasteiger partial charge on any atom is -0.504 e. The van der Waals surface area contributed by atoms with E-state index in [2.05, 4.69) is 4.90 Å². The van der Waals surface area contributed by atoms with Gasteiger partial charge in [-0.25, -0.2) is 9.59 Å². The van der Waals surface area contributed by atoms with E-state index in [0.29, 0.717) is 25.1 Å². The van der Waals surface area contributed by atoms with Crippen molar-refractivity contribution in [1.82, 2.24) is 4.90 Å². The number of likely N-dealkylation sites (N-methyl/N-ethyl adjacent to an activating group) is 1. The number of halogens is 3. The molecular formula is C25H28F3NO9. The van der Waals surface area contributed by atoms with E-state index >= 15 is 0 Å². The molecular weight excluding hydrogens is 515 g/mol. The summed E-state index contributed by atoms with van der Waals surface area (Å²) in [6, 6.07) is 3.31. The lowest BCUT2D eigenvalue weighted by Crippen LogP contribution is -2.74. The normalized spacial score (nSPS) is 30.4.